The number of nitrogens with two attached hydrogens (primary N) is 1. The fourth-order valence-electron chi connectivity index (χ4n) is 0.985. The lowest BCUT2D eigenvalue weighted by Gasteiger charge is -2.10. The fraction of sp³-hybridized carbons (Fsp3) is 0.444. The third kappa shape index (κ3) is 4.16. The molecule has 15 heavy (non-hydrogen) atoms. The summed E-state index contributed by atoms with van der Waals surface area (Å²) in [7, 11) is 0. The van der Waals surface area contributed by atoms with E-state index >= 15 is 0 Å². The van der Waals surface area contributed by atoms with Gasteiger partial charge in [0, 0.05) is 12.7 Å². The van der Waals surface area contributed by atoms with Crippen LogP contribution in [0.5, 0.6) is 5.75 Å². The van der Waals surface area contributed by atoms with Gasteiger partial charge < -0.3 is 10.5 Å². The second-order valence-corrected chi connectivity index (χ2v) is 2.87. The summed E-state index contributed by atoms with van der Waals surface area (Å²) < 4.78 is 40.4. The number of hydrogen-bond donors (Lipinski definition) is 1. The van der Waals surface area contributed by atoms with Crippen LogP contribution in [0.1, 0.15) is 12.1 Å². The van der Waals surface area contributed by atoms with Gasteiger partial charge in [-0.05, 0) is 12.1 Å². The summed E-state index contributed by atoms with van der Waals surface area (Å²) in [5.74, 6) is 0.309. The molecule has 0 aliphatic heterocycles. The Labute approximate surface area is 85.1 Å². The van der Waals surface area contributed by atoms with Crippen LogP contribution < -0.4 is 10.5 Å². The maximum absolute atomic E-state index is 11.8. The lowest BCUT2D eigenvalue weighted by Crippen LogP contribution is -2.14. The Morgan fingerprint density at radius 1 is 1.40 bits per heavy atom. The first-order valence-corrected chi connectivity index (χ1v) is 4.36. The van der Waals surface area contributed by atoms with E-state index < -0.39 is 19.2 Å². The molecular weight excluding hydrogens is 209 g/mol. The standard InChI is InChI=1S/C9H11F3N2O/c10-9(11,12)3-5-15-8-2-1-4-14-7(8)6-13/h1-2,4H,3,5-6,13H2. The molecule has 2 N–H and O–H groups in total. The van der Waals surface area contributed by atoms with Crippen molar-refractivity contribution >= 4 is 0 Å². The van der Waals surface area contributed by atoms with E-state index in [4.69, 9.17) is 10.5 Å². The largest absolute Gasteiger partial charge is 0.491 e. The smallest absolute Gasteiger partial charge is 0.392 e. The first-order chi connectivity index (χ1) is 7.03. The average Bonchev–Trinajstić information content (AvgIpc) is 2.16. The van der Waals surface area contributed by atoms with Crippen LogP contribution in [0.3, 0.4) is 0 Å². The van der Waals surface area contributed by atoms with Gasteiger partial charge in [-0.2, -0.15) is 13.2 Å². The Kier molecular flexibility index (Phi) is 3.90. The minimum absolute atomic E-state index is 0.141. The van der Waals surface area contributed by atoms with Crippen molar-refractivity contribution in [2.24, 2.45) is 5.73 Å². The summed E-state index contributed by atoms with van der Waals surface area (Å²) in [5.41, 5.74) is 5.80. The van der Waals surface area contributed by atoms with Gasteiger partial charge in [0.25, 0.3) is 0 Å². The normalized spacial score (nSPS) is 11.5. The predicted octanol–water partition coefficient (Wildman–Crippen LogP) is 1.87. The highest BCUT2D eigenvalue weighted by atomic mass is 19.4. The molecule has 3 nitrogen and oxygen atoms in total. The molecule has 0 atom stereocenters. The summed E-state index contributed by atoms with van der Waals surface area (Å²) in [6, 6.07) is 3.13. The van der Waals surface area contributed by atoms with Gasteiger partial charge in [0.15, 0.2) is 0 Å². The van der Waals surface area contributed by atoms with Gasteiger partial charge in [0.05, 0.1) is 18.7 Å². The Morgan fingerprint density at radius 2 is 2.13 bits per heavy atom. The molecule has 0 bridgehead atoms. The van der Waals surface area contributed by atoms with Crippen LogP contribution in [0, 0.1) is 0 Å². The Hall–Kier alpha value is -1.30. The van der Waals surface area contributed by atoms with Gasteiger partial charge in [-0.3, -0.25) is 4.98 Å². The SMILES string of the molecule is NCc1ncccc1OCCC(F)(F)F. The van der Waals surface area contributed by atoms with E-state index in [1.807, 2.05) is 0 Å². The van der Waals surface area contributed by atoms with Crippen molar-refractivity contribution in [2.45, 2.75) is 19.1 Å². The predicted molar refractivity (Wildman–Crippen MR) is 48.3 cm³/mol. The molecule has 1 aromatic heterocycles. The number of aromatic nitrogens is 1. The van der Waals surface area contributed by atoms with Crippen molar-refractivity contribution in [2.75, 3.05) is 6.61 Å². The molecule has 0 aliphatic carbocycles. The van der Waals surface area contributed by atoms with E-state index in [1.165, 1.54) is 6.20 Å². The monoisotopic (exact) mass is 220 g/mol. The van der Waals surface area contributed by atoms with Crippen LogP contribution in [0.25, 0.3) is 0 Å². The van der Waals surface area contributed by atoms with Gasteiger partial charge in [0.2, 0.25) is 0 Å². The second-order valence-electron chi connectivity index (χ2n) is 2.87. The lowest BCUT2D eigenvalue weighted by molar-refractivity contribution is -0.139. The van der Waals surface area contributed by atoms with Crippen LogP contribution in [-0.2, 0) is 6.54 Å². The summed E-state index contributed by atoms with van der Waals surface area (Å²) in [4.78, 5) is 3.88. The summed E-state index contributed by atoms with van der Waals surface area (Å²) in [5, 5.41) is 0. The number of alkyl halides is 3. The number of nitrogens with zero attached hydrogens (tertiary/aromatic N) is 1. The maximum atomic E-state index is 11.8. The van der Waals surface area contributed by atoms with E-state index in [-0.39, 0.29) is 6.54 Å². The van der Waals surface area contributed by atoms with Gasteiger partial charge in [-0.15, -0.1) is 0 Å². The van der Waals surface area contributed by atoms with Crippen LogP contribution in [-0.4, -0.2) is 17.8 Å². The molecular formula is C9H11F3N2O. The molecule has 0 aromatic carbocycles. The van der Waals surface area contributed by atoms with Crippen LogP contribution in [0.15, 0.2) is 18.3 Å². The molecule has 0 saturated carbocycles. The van der Waals surface area contributed by atoms with E-state index in [2.05, 4.69) is 4.98 Å². The van der Waals surface area contributed by atoms with Crippen LogP contribution in [0.4, 0.5) is 13.2 Å². The zero-order valence-electron chi connectivity index (χ0n) is 7.92. The third-order valence-corrected chi connectivity index (χ3v) is 1.68. The maximum Gasteiger partial charge on any atom is 0.392 e. The quantitative estimate of drug-likeness (QED) is 0.842. The van der Waals surface area contributed by atoms with Crippen LogP contribution >= 0.6 is 0 Å². The molecule has 0 unspecified atom stereocenters. The summed E-state index contributed by atoms with van der Waals surface area (Å²) in [6.07, 6.45) is -3.67. The number of halogens is 3. The molecule has 1 rings (SSSR count). The van der Waals surface area contributed by atoms with E-state index in [9.17, 15) is 13.2 Å². The van der Waals surface area contributed by atoms with Gasteiger partial charge in [-0.25, -0.2) is 0 Å². The highest BCUT2D eigenvalue weighted by molar-refractivity contribution is 5.26. The number of ether oxygens (including phenoxy) is 1. The molecule has 0 fully saturated rings. The molecule has 0 saturated heterocycles. The first-order valence-electron chi connectivity index (χ1n) is 4.36. The van der Waals surface area contributed by atoms with Gasteiger partial charge >= 0.3 is 6.18 Å². The van der Waals surface area contributed by atoms with Crippen LogP contribution in [0.2, 0.25) is 0 Å². The number of rotatable bonds is 4. The zero-order valence-corrected chi connectivity index (χ0v) is 7.92. The fourth-order valence-corrected chi connectivity index (χ4v) is 0.985. The molecule has 6 heteroatoms. The van der Waals surface area contributed by atoms with Crippen molar-refractivity contribution < 1.29 is 17.9 Å². The third-order valence-electron chi connectivity index (χ3n) is 1.68. The molecule has 1 heterocycles. The molecule has 84 valence electrons. The van der Waals surface area contributed by atoms with Gasteiger partial charge in [-0.1, -0.05) is 0 Å². The van der Waals surface area contributed by atoms with Crippen molar-refractivity contribution in [1.82, 2.24) is 4.98 Å². The van der Waals surface area contributed by atoms with Crippen molar-refractivity contribution in [3.05, 3.63) is 24.0 Å². The topological polar surface area (TPSA) is 48.1 Å². The average molecular weight is 220 g/mol. The highest BCUT2D eigenvalue weighted by Gasteiger charge is 2.26. The number of hydrogen-bond acceptors (Lipinski definition) is 3. The van der Waals surface area contributed by atoms with E-state index in [0.717, 1.165) is 0 Å². The summed E-state index contributed by atoms with van der Waals surface area (Å²) >= 11 is 0. The van der Waals surface area contributed by atoms with Crippen molar-refractivity contribution in [1.29, 1.82) is 0 Å². The van der Waals surface area contributed by atoms with Crippen molar-refractivity contribution in [3.8, 4) is 5.75 Å². The Bertz CT molecular complexity index is 314. The second kappa shape index (κ2) is 4.97. The molecule has 0 spiro atoms. The Balaban J connectivity index is 2.50. The molecule has 0 radical (unpaired) electrons. The number of pyridine rings is 1. The first kappa shape index (κ1) is 11.8. The van der Waals surface area contributed by atoms with Crippen molar-refractivity contribution in [3.63, 3.8) is 0 Å². The zero-order chi connectivity index (χ0) is 11.3. The lowest BCUT2D eigenvalue weighted by atomic mass is 10.3. The minimum atomic E-state index is -4.20. The Morgan fingerprint density at radius 3 is 2.73 bits per heavy atom. The molecule has 0 amide bonds. The van der Waals surface area contributed by atoms with Gasteiger partial charge in [0.1, 0.15) is 5.75 Å². The molecule has 0 aliphatic rings. The minimum Gasteiger partial charge on any atom is -0.491 e. The summed E-state index contributed by atoms with van der Waals surface area (Å²) in [6.45, 7) is -0.273. The molecule has 1 aromatic rings. The van der Waals surface area contributed by atoms with E-state index in [0.29, 0.717) is 11.4 Å². The van der Waals surface area contributed by atoms with E-state index in [1.54, 1.807) is 12.1 Å². The highest BCUT2D eigenvalue weighted by Crippen LogP contribution is 2.21.